The first-order chi connectivity index (χ1) is 13.7. The second-order valence-corrected chi connectivity index (χ2v) is 8.98. The molecule has 160 valence electrons. The fourth-order valence-electron chi connectivity index (χ4n) is 3.39. The number of ether oxygens (including phenoxy) is 3. The summed E-state index contributed by atoms with van der Waals surface area (Å²) in [4.78, 5) is 26.8. The van der Waals surface area contributed by atoms with Gasteiger partial charge in [-0.1, -0.05) is 30.3 Å². The number of likely N-dealkylation sites (tertiary alicyclic amines) is 1. The van der Waals surface area contributed by atoms with Crippen molar-refractivity contribution in [1.29, 1.82) is 0 Å². The second kappa shape index (κ2) is 9.03. The Hall–Kier alpha value is -2.28. The van der Waals surface area contributed by atoms with Gasteiger partial charge in [0.05, 0.1) is 18.2 Å². The molecular weight excluding hydrogens is 372 g/mol. The monoisotopic (exact) mass is 404 g/mol. The Morgan fingerprint density at radius 2 is 1.93 bits per heavy atom. The third kappa shape index (κ3) is 6.92. The highest BCUT2D eigenvalue weighted by Crippen LogP contribution is 2.29. The topological polar surface area (TPSA) is 77.1 Å². The largest absolute Gasteiger partial charge is 0.445 e. The number of benzene rings is 1. The smallest absolute Gasteiger partial charge is 0.410 e. The fourth-order valence-corrected chi connectivity index (χ4v) is 3.39. The van der Waals surface area contributed by atoms with E-state index in [1.807, 2.05) is 51.1 Å². The molecule has 0 aromatic heterocycles. The van der Waals surface area contributed by atoms with Gasteiger partial charge in [-0.3, -0.25) is 0 Å². The Morgan fingerprint density at radius 3 is 2.59 bits per heavy atom. The van der Waals surface area contributed by atoms with Crippen LogP contribution >= 0.6 is 0 Å². The first-order valence-corrected chi connectivity index (χ1v) is 10.3. The maximum atomic E-state index is 12.6. The highest BCUT2D eigenvalue weighted by molar-refractivity contribution is 5.70. The number of piperidine rings is 1. The van der Waals surface area contributed by atoms with Crippen LogP contribution in [0.25, 0.3) is 0 Å². The molecule has 1 saturated carbocycles. The molecule has 1 aromatic carbocycles. The van der Waals surface area contributed by atoms with Crippen molar-refractivity contribution in [2.24, 2.45) is 0 Å². The maximum absolute atomic E-state index is 12.6. The zero-order valence-corrected chi connectivity index (χ0v) is 17.6. The van der Waals surface area contributed by atoms with Crippen molar-refractivity contribution in [2.75, 3.05) is 19.7 Å². The van der Waals surface area contributed by atoms with Crippen molar-refractivity contribution < 1.29 is 23.8 Å². The number of nitrogens with zero attached hydrogens (tertiary/aromatic N) is 1. The van der Waals surface area contributed by atoms with E-state index in [1.165, 1.54) is 0 Å². The molecule has 7 nitrogen and oxygen atoms in total. The molecule has 1 atom stereocenters. The normalized spacial score (nSPS) is 22.1. The summed E-state index contributed by atoms with van der Waals surface area (Å²) in [6.07, 6.45) is 2.96. The van der Waals surface area contributed by atoms with Gasteiger partial charge in [-0.05, 0) is 52.0 Å². The summed E-state index contributed by atoms with van der Waals surface area (Å²) < 4.78 is 16.9. The van der Waals surface area contributed by atoms with Crippen molar-refractivity contribution in [3.05, 3.63) is 35.9 Å². The van der Waals surface area contributed by atoms with Crippen molar-refractivity contribution in [3.63, 3.8) is 0 Å². The summed E-state index contributed by atoms with van der Waals surface area (Å²) in [6, 6.07) is 9.58. The molecule has 1 heterocycles. The van der Waals surface area contributed by atoms with Crippen LogP contribution in [-0.4, -0.2) is 54.0 Å². The van der Waals surface area contributed by atoms with Gasteiger partial charge in [0.1, 0.15) is 12.2 Å². The number of hydrogen-bond donors (Lipinski definition) is 1. The average molecular weight is 405 g/mol. The van der Waals surface area contributed by atoms with E-state index in [4.69, 9.17) is 14.2 Å². The molecule has 29 heavy (non-hydrogen) atoms. The molecule has 1 saturated heterocycles. The number of carbonyl (C=O) groups excluding carboxylic acids is 2. The summed E-state index contributed by atoms with van der Waals surface area (Å²) in [5.41, 5.74) is -0.325. The molecule has 1 unspecified atom stereocenters. The van der Waals surface area contributed by atoms with Crippen molar-refractivity contribution in [1.82, 2.24) is 10.2 Å². The van der Waals surface area contributed by atoms with E-state index in [2.05, 4.69) is 5.32 Å². The number of alkyl carbamates (subject to hydrolysis) is 1. The van der Waals surface area contributed by atoms with Crippen LogP contribution in [-0.2, 0) is 20.8 Å². The number of carbonyl (C=O) groups is 2. The van der Waals surface area contributed by atoms with E-state index in [1.54, 1.807) is 4.90 Å². The predicted molar refractivity (Wildman–Crippen MR) is 109 cm³/mol. The molecule has 1 aliphatic carbocycles. The lowest BCUT2D eigenvalue weighted by Crippen LogP contribution is -2.62. The Bertz CT molecular complexity index is 699. The van der Waals surface area contributed by atoms with Gasteiger partial charge >= 0.3 is 12.2 Å². The van der Waals surface area contributed by atoms with Gasteiger partial charge in [0.25, 0.3) is 0 Å². The maximum Gasteiger partial charge on any atom is 0.410 e. The molecule has 0 spiro atoms. The number of rotatable bonds is 6. The zero-order chi connectivity index (χ0) is 20.9. The van der Waals surface area contributed by atoms with E-state index in [9.17, 15) is 9.59 Å². The fraction of sp³-hybridized carbons (Fsp3) is 0.636. The molecule has 2 aliphatic rings. The lowest BCUT2D eigenvalue weighted by Gasteiger charge is -2.42. The molecule has 0 radical (unpaired) electrons. The number of amides is 2. The van der Waals surface area contributed by atoms with Gasteiger partial charge in [0.15, 0.2) is 0 Å². The van der Waals surface area contributed by atoms with Gasteiger partial charge in [0, 0.05) is 13.1 Å². The third-order valence-electron chi connectivity index (χ3n) is 4.93. The molecule has 0 bridgehead atoms. The molecular formula is C22H32N2O5. The number of hydrogen-bond acceptors (Lipinski definition) is 5. The van der Waals surface area contributed by atoms with Gasteiger partial charge in [0.2, 0.25) is 0 Å². The highest BCUT2D eigenvalue weighted by Gasteiger charge is 2.41. The van der Waals surface area contributed by atoms with E-state index >= 15 is 0 Å². The summed E-state index contributed by atoms with van der Waals surface area (Å²) in [5, 5.41) is 3.00. The minimum atomic E-state index is -0.672. The second-order valence-electron chi connectivity index (χ2n) is 8.98. The predicted octanol–water partition coefficient (Wildman–Crippen LogP) is 3.86. The minimum absolute atomic E-state index is 0.223. The first-order valence-electron chi connectivity index (χ1n) is 10.3. The van der Waals surface area contributed by atoms with Crippen LogP contribution in [0, 0.1) is 0 Å². The van der Waals surface area contributed by atoms with E-state index in [-0.39, 0.29) is 18.8 Å². The van der Waals surface area contributed by atoms with Crippen LogP contribution in [0.3, 0.4) is 0 Å². The van der Waals surface area contributed by atoms with Crippen molar-refractivity contribution in [2.45, 2.75) is 70.3 Å². The molecule has 7 heteroatoms. The Balaban J connectivity index is 1.62. The van der Waals surface area contributed by atoms with Gasteiger partial charge in [-0.15, -0.1) is 0 Å². The van der Waals surface area contributed by atoms with E-state index in [0.717, 1.165) is 31.2 Å². The Kier molecular flexibility index (Phi) is 6.67. The van der Waals surface area contributed by atoms with Gasteiger partial charge in [-0.25, -0.2) is 9.59 Å². The molecule has 3 rings (SSSR count). The van der Waals surface area contributed by atoms with Crippen molar-refractivity contribution >= 4 is 12.2 Å². The van der Waals surface area contributed by atoms with E-state index in [0.29, 0.717) is 19.7 Å². The van der Waals surface area contributed by atoms with Crippen LogP contribution in [0.2, 0.25) is 0 Å². The van der Waals surface area contributed by atoms with Crippen LogP contribution in [0.1, 0.15) is 52.0 Å². The molecule has 1 N–H and O–H groups in total. The quantitative estimate of drug-likeness (QED) is 0.779. The average Bonchev–Trinajstić information content (AvgIpc) is 3.48. The van der Waals surface area contributed by atoms with Crippen LogP contribution < -0.4 is 5.32 Å². The zero-order valence-electron chi connectivity index (χ0n) is 17.6. The number of nitrogens with one attached hydrogen (secondary N) is 1. The summed E-state index contributed by atoms with van der Waals surface area (Å²) >= 11 is 0. The molecule has 2 amide bonds. The van der Waals surface area contributed by atoms with Crippen LogP contribution in [0.4, 0.5) is 9.59 Å². The van der Waals surface area contributed by atoms with Gasteiger partial charge < -0.3 is 24.4 Å². The molecule has 1 aromatic rings. The lowest BCUT2D eigenvalue weighted by atomic mass is 9.90. The summed E-state index contributed by atoms with van der Waals surface area (Å²) in [6.45, 7) is 7.00. The van der Waals surface area contributed by atoms with Crippen LogP contribution in [0.15, 0.2) is 30.3 Å². The Morgan fingerprint density at radius 1 is 1.21 bits per heavy atom. The van der Waals surface area contributed by atoms with E-state index < -0.39 is 17.2 Å². The highest BCUT2D eigenvalue weighted by atomic mass is 16.6. The SMILES string of the molecule is CC(C)(C)OC(=O)NC1(COC2CC2)CCCN(C(=O)OCc2ccccc2)C1. The van der Waals surface area contributed by atoms with Gasteiger partial charge in [-0.2, -0.15) is 0 Å². The first kappa shape index (κ1) is 21.4. The Labute approximate surface area is 172 Å². The minimum Gasteiger partial charge on any atom is -0.445 e. The van der Waals surface area contributed by atoms with Crippen molar-refractivity contribution in [3.8, 4) is 0 Å². The summed E-state index contributed by atoms with van der Waals surface area (Å²) in [7, 11) is 0. The lowest BCUT2D eigenvalue weighted by molar-refractivity contribution is -0.00228. The third-order valence-corrected chi connectivity index (χ3v) is 4.93. The summed E-state index contributed by atoms with van der Waals surface area (Å²) in [5.74, 6) is 0. The molecule has 1 aliphatic heterocycles. The van der Waals surface area contributed by atoms with Crippen LogP contribution in [0.5, 0.6) is 0 Å². The standard InChI is InChI=1S/C22H32N2O5/c1-21(2,3)29-19(25)23-22(16-28-18-10-11-18)12-7-13-24(15-22)20(26)27-14-17-8-5-4-6-9-17/h4-6,8-9,18H,7,10-16H2,1-3H3,(H,23,25). The molecule has 2 fully saturated rings.